The van der Waals surface area contributed by atoms with Gasteiger partial charge in [0.25, 0.3) is 0 Å². The number of rotatable bonds is 6. The molecule has 0 radical (unpaired) electrons. The zero-order valence-electron chi connectivity index (χ0n) is 10.9. The quantitative estimate of drug-likeness (QED) is 0.766. The number of benzene rings is 1. The number of nitrogens with zero attached hydrogens (tertiary/aromatic N) is 1. The predicted molar refractivity (Wildman–Crippen MR) is 71.7 cm³/mol. The van der Waals surface area contributed by atoms with Crippen molar-refractivity contribution in [2.24, 2.45) is 0 Å². The average molecular weight is 245 g/mol. The zero-order valence-corrected chi connectivity index (χ0v) is 10.9. The minimum Gasteiger partial charge on any atom is -0.497 e. The molecule has 0 aliphatic rings. The van der Waals surface area contributed by atoms with Crippen molar-refractivity contribution in [1.29, 1.82) is 0 Å². The molecule has 0 aliphatic heterocycles. The smallest absolute Gasteiger partial charge is 0.118 e. The van der Waals surface area contributed by atoms with Gasteiger partial charge < -0.3 is 15.0 Å². The molecule has 4 heteroatoms. The number of hydrogen-bond acceptors (Lipinski definition) is 3. The number of imidazole rings is 1. The molecular weight excluding hydrogens is 226 g/mol. The first-order chi connectivity index (χ1) is 8.78. The van der Waals surface area contributed by atoms with Crippen LogP contribution in [0.3, 0.4) is 0 Å². The highest BCUT2D eigenvalue weighted by Gasteiger charge is 1.97. The van der Waals surface area contributed by atoms with Crippen LogP contribution < -0.4 is 10.1 Å². The summed E-state index contributed by atoms with van der Waals surface area (Å²) < 4.78 is 5.13. The number of methoxy groups -OCH3 is 1. The SMILES string of the molecule is COc1ccc(CCNCc2cnc(C)[nH]2)cc1. The Kier molecular flexibility index (Phi) is 4.36. The molecule has 1 heterocycles. The van der Waals surface area contributed by atoms with Crippen LogP contribution >= 0.6 is 0 Å². The number of nitrogens with one attached hydrogen (secondary N) is 2. The maximum atomic E-state index is 5.13. The van der Waals surface area contributed by atoms with E-state index in [0.29, 0.717) is 0 Å². The van der Waals surface area contributed by atoms with Crippen molar-refractivity contribution >= 4 is 0 Å². The first-order valence-electron chi connectivity index (χ1n) is 6.12. The maximum Gasteiger partial charge on any atom is 0.118 e. The van der Waals surface area contributed by atoms with E-state index in [1.165, 1.54) is 5.56 Å². The van der Waals surface area contributed by atoms with E-state index in [9.17, 15) is 0 Å². The summed E-state index contributed by atoms with van der Waals surface area (Å²) in [6, 6.07) is 8.18. The topological polar surface area (TPSA) is 49.9 Å². The molecule has 0 atom stereocenters. The van der Waals surface area contributed by atoms with Crippen molar-refractivity contribution in [3.63, 3.8) is 0 Å². The van der Waals surface area contributed by atoms with Crippen LogP contribution in [0.1, 0.15) is 17.1 Å². The summed E-state index contributed by atoms with van der Waals surface area (Å²) in [6.07, 6.45) is 2.88. The van der Waals surface area contributed by atoms with Gasteiger partial charge in [-0.2, -0.15) is 0 Å². The molecule has 96 valence electrons. The van der Waals surface area contributed by atoms with Crippen LogP contribution in [0, 0.1) is 6.92 Å². The zero-order chi connectivity index (χ0) is 12.8. The minimum absolute atomic E-state index is 0.830. The molecule has 1 aromatic carbocycles. The van der Waals surface area contributed by atoms with E-state index in [-0.39, 0.29) is 0 Å². The van der Waals surface area contributed by atoms with Gasteiger partial charge in [0.05, 0.1) is 7.11 Å². The Bertz CT molecular complexity index is 476. The van der Waals surface area contributed by atoms with E-state index in [4.69, 9.17) is 4.74 Å². The Morgan fingerprint density at radius 1 is 1.28 bits per heavy atom. The summed E-state index contributed by atoms with van der Waals surface area (Å²) in [5, 5.41) is 3.39. The maximum absolute atomic E-state index is 5.13. The molecule has 0 aliphatic carbocycles. The molecule has 18 heavy (non-hydrogen) atoms. The third-order valence-corrected chi connectivity index (χ3v) is 2.82. The number of H-pyrrole nitrogens is 1. The van der Waals surface area contributed by atoms with Crippen molar-refractivity contribution in [3.05, 3.63) is 47.5 Å². The van der Waals surface area contributed by atoms with Crippen LogP contribution in [0.4, 0.5) is 0 Å². The van der Waals surface area contributed by atoms with E-state index in [1.807, 2.05) is 25.3 Å². The van der Waals surface area contributed by atoms with E-state index in [2.05, 4.69) is 27.4 Å². The van der Waals surface area contributed by atoms with Crippen LogP contribution in [0.25, 0.3) is 0 Å². The van der Waals surface area contributed by atoms with Crippen LogP contribution in [0.15, 0.2) is 30.5 Å². The second-order valence-corrected chi connectivity index (χ2v) is 4.27. The molecular formula is C14H19N3O. The van der Waals surface area contributed by atoms with Crippen LogP contribution in [-0.4, -0.2) is 23.6 Å². The van der Waals surface area contributed by atoms with E-state index < -0.39 is 0 Å². The van der Waals surface area contributed by atoms with E-state index in [0.717, 1.165) is 36.8 Å². The number of aryl methyl sites for hydroxylation is 1. The summed E-state index contributed by atoms with van der Waals surface area (Å²) in [5.74, 6) is 1.86. The van der Waals surface area contributed by atoms with Gasteiger partial charge >= 0.3 is 0 Å². The molecule has 2 aromatic rings. The molecule has 0 bridgehead atoms. The van der Waals surface area contributed by atoms with Gasteiger partial charge in [-0.3, -0.25) is 0 Å². The molecule has 0 saturated carbocycles. The van der Waals surface area contributed by atoms with Crippen molar-refractivity contribution in [1.82, 2.24) is 15.3 Å². The van der Waals surface area contributed by atoms with Gasteiger partial charge in [-0.1, -0.05) is 12.1 Å². The molecule has 0 amide bonds. The molecule has 0 unspecified atom stereocenters. The van der Waals surface area contributed by atoms with Gasteiger partial charge in [-0.15, -0.1) is 0 Å². The summed E-state index contributed by atoms with van der Waals surface area (Å²) >= 11 is 0. The first kappa shape index (κ1) is 12.6. The summed E-state index contributed by atoms with van der Waals surface area (Å²) in [7, 11) is 1.68. The molecule has 4 nitrogen and oxygen atoms in total. The molecule has 2 rings (SSSR count). The Morgan fingerprint density at radius 2 is 2.06 bits per heavy atom. The van der Waals surface area contributed by atoms with E-state index in [1.54, 1.807) is 7.11 Å². The third-order valence-electron chi connectivity index (χ3n) is 2.82. The number of aromatic nitrogens is 2. The van der Waals surface area contributed by atoms with Crippen LogP contribution in [0.5, 0.6) is 5.75 Å². The van der Waals surface area contributed by atoms with E-state index >= 15 is 0 Å². The third kappa shape index (κ3) is 3.60. The normalized spacial score (nSPS) is 10.6. The Labute approximate surface area is 107 Å². The van der Waals surface area contributed by atoms with Crippen molar-refractivity contribution in [2.45, 2.75) is 19.9 Å². The van der Waals surface area contributed by atoms with Crippen molar-refractivity contribution in [2.75, 3.05) is 13.7 Å². The monoisotopic (exact) mass is 245 g/mol. The minimum atomic E-state index is 0.830. The summed E-state index contributed by atoms with van der Waals surface area (Å²) in [6.45, 7) is 3.74. The molecule has 0 saturated heterocycles. The molecule has 0 fully saturated rings. The fraction of sp³-hybridized carbons (Fsp3) is 0.357. The lowest BCUT2D eigenvalue weighted by atomic mass is 10.1. The van der Waals surface area contributed by atoms with Crippen molar-refractivity contribution < 1.29 is 4.74 Å². The van der Waals surface area contributed by atoms with Crippen LogP contribution in [0.2, 0.25) is 0 Å². The van der Waals surface area contributed by atoms with Crippen molar-refractivity contribution in [3.8, 4) is 5.75 Å². The second-order valence-electron chi connectivity index (χ2n) is 4.27. The lowest BCUT2D eigenvalue weighted by molar-refractivity contribution is 0.414. The number of hydrogen-bond donors (Lipinski definition) is 2. The van der Waals surface area contributed by atoms with Gasteiger partial charge in [0.1, 0.15) is 11.6 Å². The fourth-order valence-corrected chi connectivity index (χ4v) is 1.81. The molecule has 2 N–H and O–H groups in total. The van der Waals surface area contributed by atoms with Crippen LogP contribution in [-0.2, 0) is 13.0 Å². The van der Waals surface area contributed by atoms with Gasteiger partial charge in [0.2, 0.25) is 0 Å². The summed E-state index contributed by atoms with van der Waals surface area (Å²) in [5.41, 5.74) is 2.44. The standard InChI is InChI=1S/C14H19N3O/c1-11-16-10-13(17-11)9-15-8-7-12-3-5-14(18-2)6-4-12/h3-6,10,15H,7-9H2,1-2H3,(H,16,17). The average Bonchev–Trinajstić information content (AvgIpc) is 2.81. The first-order valence-corrected chi connectivity index (χ1v) is 6.12. The fourth-order valence-electron chi connectivity index (χ4n) is 1.81. The lowest BCUT2D eigenvalue weighted by Gasteiger charge is -2.05. The van der Waals surface area contributed by atoms with Gasteiger partial charge in [-0.25, -0.2) is 4.98 Å². The Balaban J connectivity index is 1.71. The molecule has 1 aromatic heterocycles. The van der Waals surface area contributed by atoms with Gasteiger partial charge in [0.15, 0.2) is 0 Å². The highest BCUT2D eigenvalue weighted by molar-refractivity contribution is 5.27. The summed E-state index contributed by atoms with van der Waals surface area (Å²) in [4.78, 5) is 7.36. The largest absolute Gasteiger partial charge is 0.497 e. The highest BCUT2D eigenvalue weighted by atomic mass is 16.5. The highest BCUT2D eigenvalue weighted by Crippen LogP contribution is 2.11. The van der Waals surface area contributed by atoms with Gasteiger partial charge in [0, 0.05) is 18.4 Å². The predicted octanol–water partition coefficient (Wildman–Crippen LogP) is 2.06. The lowest BCUT2D eigenvalue weighted by Crippen LogP contribution is -2.16. The number of ether oxygens (including phenoxy) is 1. The second kappa shape index (κ2) is 6.21. The Hall–Kier alpha value is -1.81. The molecule has 0 spiro atoms. The Morgan fingerprint density at radius 3 is 2.67 bits per heavy atom. The van der Waals surface area contributed by atoms with Gasteiger partial charge in [-0.05, 0) is 37.6 Å². The number of aromatic amines is 1.